The molecule has 0 saturated heterocycles. The van der Waals surface area contributed by atoms with E-state index in [1.54, 1.807) is 16.2 Å². The van der Waals surface area contributed by atoms with Crippen molar-refractivity contribution in [2.45, 2.75) is 64.8 Å². The van der Waals surface area contributed by atoms with Gasteiger partial charge in [0.25, 0.3) is 5.91 Å². The van der Waals surface area contributed by atoms with Gasteiger partial charge < -0.3 is 14.5 Å². The molecule has 1 atom stereocenters. The Morgan fingerprint density at radius 2 is 1.77 bits per heavy atom. The number of ether oxygens (including phenoxy) is 1. The minimum absolute atomic E-state index is 0.0350. The van der Waals surface area contributed by atoms with Crippen LogP contribution in [-0.2, 0) is 22.4 Å². The van der Waals surface area contributed by atoms with Crippen molar-refractivity contribution in [3.05, 3.63) is 92.1 Å². The highest BCUT2D eigenvalue weighted by molar-refractivity contribution is 7.10. The summed E-state index contributed by atoms with van der Waals surface area (Å²) >= 11 is 7.91. The number of fused-ring (bicyclic) bond motifs is 1. The third-order valence-corrected chi connectivity index (χ3v) is 8.77. The first-order valence-electron chi connectivity index (χ1n) is 14.6. The lowest BCUT2D eigenvalue weighted by Gasteiger charge is -2.37. The van der Waals surface area contributed by atoms with Crippen molar-refractivity contribution in [1.29, 1.82) is 0 Å². The van der Waals surface area contributed by atoms with Crippen LogP contribution in [-0.4, -0.2) is 54.5 Å². The largest absolute Gasteiger partial charge is 0.382 e. The van der Waals surface area contributed by atoms with Gasteiger partial charge in [-0.2, -0.15) is 0 Å². The van der Waals surface area contributed by atoms with Gasteiger partial charge >= 0.3 is 0 Å². The second-order valence-electron chi connectivity index (χ2n) is 10.4. The van der Waals surface area contributed by atoms with E-state index in [1.807, 2.05) is 48.2 Å². The van der Waals surface area contributed by atoms with Crippen molar-refractivity contribution in [2.75, 3.05) is 32.8 Å². The zero-order chi connectivity index (χ0) is 28.3. The summed E-state index contributed by atoms with van der Waals surface area (Å²) in [5.74, 6) is -0.159. The van der Waals surface area contributed by atoms with Gasteiger partial charge in [-0.3, -0.25) is 9.59 Å². The van der Waals surface area contributed by atoms with E-state index >= 15 is 0 Å². The number of rotatable bonds is 14. The molecule has 214 valence electrons. The van der Waals surface area contributed by atoms with E-state index in [9.17, 15) is 9.59 Å². The first-order valence-corrected chi connectivity index (χ1v) is 15.8. The van der Waals surface area contributed by atoms with Gasteiger partial charge in [0.05, 0.1) is 6.04 Å². The minimum atomic E-state index is -0.188. The Morgan fingerprint density at radius 1 is 1.00 bits per heavy atom. The third-order valence-electron chi connectivity index (χ3n) is 7.53. The molecule has 0 N–H and O–H groups in total. The summed E-state index contributed by atoms with van der Waals surface area (Å²) in [6.45, 7) is 6.48. The quantitative estimate of drug-likeness (QED) is 0.185. The average Bonchev–Trinajstić information content (AvgIpc) is 3.46. The molecule has 2 amide bonds. The Bertz CT molecular complexity index is 1230. The monoisotopic (exact) mass is 580 g/mol. The van der Waals surface area contributed by atoms with Crippen molar-refractivity contribution in [2.24, 2.45) is 0 Å². The summed E-state index contributed by atoms with van der Waals surface area (Å²) in [7, 11) is 0. The Labute approximate surface area is 248 Å². The van der Waals surface area contributed by atoms with Crippen LogP contribution in [0.5, 0.6) is 0 Å². The zero-order valence-electron chi connectivity index (χ0n) is 23.7. The topological polar surface area (TPSA) is 49.9 Å². The van der Waals surface area contributed by atoms with Crippen LogP contribution in [0, 0.1) is 0 Å². The van der Waals surface area contributed by atoms with Crippen molar-refractivity contribution in [3.63, 3.8) is 0 Å². The molecule has 0 fully saturated rings. The van der Waals surface area contributed by atoms with Crippen LogP contribution < -0.4 is 0 Å². The Hall–Kier alpha value is -2.67. The highest BCUT2D eigenvalue weighted by Crippen LogP contribution is 2.38. The molecule has 5 nitrogen and oxygen atoms in total. The average molecular weight is 581 g/mol. The first kappa shape index (κ1) is 30.3. The molecule has 1 aliphatic heterocycles. The van der Waals surface area contributed by atoms with Gasteiger partial charge in [0.15, 0.2) is 0 Å². The molecule has 1 aromatic heterocycles. The van der Waals surface area contributed by atoms with Crippen molar-refractivity contribution < 1.29 is 14.3 Å². The van der Waals surface area contributed by atoms with Crippen LogP contribution in [0.25, 0.3) is 0 Å². The second-order valence-corrected chi connectivity index (χ2v) is 11.8. The molecule has 0 radical (unpaired) electrons. The molecule has 7 heteroatoms. The van der Waals surface area contributed by atoms with Gasteiger partial charge in [-0.05, 0) is 85.0 Å². The fourth-order valence-corrected chi connectivity index (χ4v) is 6.38. The maximum absolute atomic E-state index is 13.9. The number of carbonyl (C=O) groups excluding carboxylic acids is 2. The molecular formula is C33H41ClN2O3S. The normalized spacial score (nSPS) is 14.7. The number of benzene rings is 2. The predicted molar refractivity (Wildman–Crippen MR) is 164 cm³/mol. The van der Waals surface area contributed by atoms with Crippen LogP contribution in [0.15, 0.2) is 60.0 Å². The van der Waals surface area contributed by atoms with Crippen LogP contribution in [0.2, 0.25) is 5.02 Å². The summed E-state index contributed by atoms with van der Waals surface area (Å²) < 4.78 is 5.53. The summed E-state index contributed by atoms with van der Waals surface area (Å²) in [5.41, 5.74) is 4.06. The summed E-state index contributed by atoms with van der Waals surface area (Å²) in [5, 5.41) is 2.76. The number of amides is 2. The molecule has 2 aromatic carbocycles. The number of aryl methyl sites for hydroxylation is 1. The van der Waals surface area contributed by atoms with Crippen LogP contribution in [0.4, 0.5) is 0 Å². The maximum atomic E-state index is 13.9. The van der Waals surface area contributed by atoms with E-state index in [1.165, 1.54) is 29.7 Å². The van der Waals surface area contributed by atoms with Crippen LogP contribution in [0.1, 0.15) is 83.9 Å². The lowest BCUT2D eigenvalue weighted by molar-refractivity contribution is -0.134. The fraction of sp³-hybridized carbons (Fsp3) is 0.455. The van der Waals surface area contributed by atoms with E-state index in [0.29, 0.717) is 43.3 Å². The molecule has 1 unspecified atom stereocenters. The van der Waals surface area contributed by atoms with Crippen molar-refractivity contribution in [3.8, 4) is 0 Å². The van der Waals surface area contributed by atoms with Gasteiger partial charge in [0.2, 0.25) is 5.91 Å². The standard InChI is InChI=1S/C33H41ClN2O3S/c1-3-5-6-7-9-25-10-12-27(13-11-25)33(38)35(20-8-22-39-4-2)24-31(37)36-21-18-30-29(19-23-40-30)32(36)26-14-16-28(34)17-15-26/h10-17,19,23,32H,3-9,18,20-22,24H2,1-2H3. The molecule has 1 aliphatic rings. The molecule has 0 spiro atoms. The highest BCUT2D eigenvalue weighted by atomic mass is 35.5. The Kier molecular flexibility index (Phi) is 11.6. The fourth-order valence-electron chi connectivity index (χ4n) is 5.35. The lowest BCUT2D eigenvalue weighted by Crippen LogP contribution is -2.47. The van der Waals surface area contributed by atoms with E-state index in [0.717, 1.165) is 30.4 Å². The number of unbranched alkanes of at least 4 members (excludes halogenated alkanes) is 3. The Morgan fingerprint density at radius 3 is 2.50 bits per heavy atom. The van der Waals surface area contributed by atoms with E-state index in [4.69, 9.17) is 16.3 Å². The molecule has 0 saturated carbocycles. The van der Waals surface area contributed by atoms with Gasteiger partial charge in [0, 0.05) is 41.8 Å². The third kappa shape index (κ3) is 7.96. The molecule has 4 rings (SSSR count). The number of halogens is 1. The zero-order valence-corrected chi connectivity index (χ0v) is 25.3. The predicted octanol–water partition coefficient (Wildman–Crippen LogP) is 7.57. The molecule has 0 bridgehead atoms. The molecule has 0 aliphatic carbocycles. The van der Waals surface area contributed by atoms with E-state index in [2.05, 4.69) is 30.5 Å². The summed E-state index contributed by atoms with van der Waals surface area (Å²) in [4.78, 5) is 32.5. The maximum Gasteiger partial charge on any atom is 0.254 e. The Balaban J connectivity index is 1.51. The van der Waals surface area contributed by atoms with Crippen LogP contribution >= 0.6 is 22.9 Å². The molecule has 40 heavy (non-hydrogen) atoms. The number of hydrogen-bond donors (Lipinski definition) is 0. The SMILES string of the molecule is CCCCCCc1ccc(C(=O)N(CCCOCC)CC(=O)N2CCc3sccc3C2c2ccc(Cl)cc2)cc1. The van der Waals surface area contributed by atoms with Crippen molar-refractivity contribution in [1.82, 2.24) is 9.80 Å². The second kappa shape index (κ2) is 15.4. The van der Waals surface area contributed by atoms with E-state index < -0.39 is 0 Å². The number of thiophene rings is 1. The molecule has 2 heterocycles. The van der Waals surface area contributed by atoms with Crippen LogP contribution in [0.3, 0.4) is 0 Å². The highest BCUT2D eigenvalue weighted by Gasteiger charge is 2.34. The molecule has 3 aromatic rings. The van der Waals surface area contributed by atoms with Gasteiger partial charge in [0.1, 0.15) is 6.54 Å². The number of hydrogen-bond acceptors (Lipinski definition) is 4. The first-order chi connectivity index (χ1) is 19.5. The van der Waals surface area contributed by atoms with Crippen molar-refractivity contribution >= 4 is 34.8 Å². The van der Waals surface area contributed by atoms with E-state index in [-0.39, 0.29) is 24.4 Å². The van der Waals surface area contributed by atoms with Gasteiger partial charge in [-0.15, -0.1) is 11.3 Å². The minimum Gasteiger partial charge on any atom is -0.382 e. The van der Waals surface area contributed by atoms with Gasteiger partial charge in [-0.1, -0.05) is 62.1 Å². The van der Waals surface area contributed by atoms with Gasteiger partial charge in [-0.25, -0.2) is 0 Å². The smallest absolute Gasteiger partial charge is 0.254 e. The lowest BCUT2D eigenvalue weighted by atomic mass is 9.93. The number of nitrogens with zero attached hydrogens (tertiary/aromatic N) is 2. The summed E-state index contributed by atoms with van der Waals surface area (Å²) in [6, 6.07) is 17.6. The molecular weight excluding hydrogens is 540 g/mol. The summed E-state index contributed by atoms with van der Waals surface area (Å²) in [6.07, 6.45) is 7.39. The number of carbonyl (C=O) groups is 2.